The van der Waals surface area contributed by atoms with Crippen LogP contribution in [0.1, 0.15) is 42.5 Å². The normalized spacial score (nSPS) is 23.3. The molecule has 2 aliphatic rings. The highest BCUT2D eigenvalue weighted by molar-refractivity contribution is 8.22. The highest BCUT2D eigenvalue weighted by Crippen LogP contribution is 2.31. The predicted octanol–water partition coefficient (Wildman–Crippen LogP) is 2.63. The Morgan fingerprint density at radius 1 is 1.26 bits per heavy atom. The maximum atomic E-state index is 12.6. The number of aromatic hydroxyl groups is 1. The van der Waals surface area contributed by atoms with Crippen molar-refractivity contribution in [3.63, 3.8) is 0 Å². The number of amides is 1. The van der Waals surface area contributed by atoms with Crippen molar-refractivity contribution in [2.75, 3.05) is 6.54 Å². The maximum absolute atomic E-state index is 12.6. The first kappa shape index (κ1) is 16.5. The van der Waals surface area contributed by atoms with Crippen LogP contribution in [0, 0.1) is 0 Å². The van der Waals surface area contributed by atoms with Gasteiger partial charge in [-0.25, -0.2) is 0 Å². The number of hydrogen-bond acceptors (Lipinski definition) is 5. The molecule has 1 saturated carbocycles. The van der Waals surface area contributed by atoms with Crippen LogP contribution >= 0.6 is 11.8 Å². The van der Waals surface area contributed by atoms with Gasteiger partial charge in [-0.1, -0.05) is 43.2 Å². The van der Waals surface area contributed by atoms with Crippen LogP contribution in [0.3, 0.4) is 0 Å². The van der Waals surface area contributed by atoms with Gasteiger partial charge in [-0.2, -0.15) is 0 Å². The summed E-state index contributed by atoms with van der Waals surface area (Å²) < 4.78 is 12.5. The molecule has 1 aliphatic heterocycles. The summed E-state index contributed by atoms with van der Waals surface area (Å²) >= 11 is 1.38. The molecule has 0 saturated heterocycles. The number of aliphatic imine (C=N–C) groups is 1. The zero-order valence-corrected chi connectivity index (χ0v) is 14.4. The topological polar surface area (TPSA) is 78.8 Å². The lowest BCUT2D eigenvalue weighted by Gasteiger charge is -2.23. The molecule has 0 aromatic heterocycles. The molecule has 1 aromatic rings. The summed E-state index contributed by atoms with van der Waals surface area (Å²) in [6.07, 6.45) is 5.62. The van der Waals surface area contributed by atoms with Gasteiger partial charge < -0.3 is 10.4 Å². The summed E-state index contributed by atoms with van der Waals surface area (Å²) in [5.74, 6) is -0.450. The van der Waals surface area contributed by atoms with Crippen LogP contribution < -0.4 is 5.32 Å². The standard InChI is InChI=1S/C16H20N2O3S2/c19-13-9-5-4-8-12(13)15(20)18-16-17-10-14(22-16)23(21)11-6-2-1-3-7-11/h4-5,8-9,11,14,19H,1-3,6-7,10H2,(H,17,18,20). The lowest BCUT2D eigenvalue weighted by atomic mass is 10.0. The Morgan fingerprint density at radius 2 is 2.00 bits per heavy atom. The second-order valence-corrected chi connectivity index (χ2v) is 9.14. The van der Waals surface area contributed by atoms with Gasteiger partial charge in [-0.05, 0) is 25.0 Å². The molecular formula is C16H20N2O3S2. The van der Waals surface area contributed by atoms with Gasteiger partial charge in [0.2, 0.25) is 0 Å². The van der Waals surface area contributed by atoms with Crippen molar-refractivity contribution in [3.8, 4) is 5.75 Å². The Hall–Kier alpha value is -1.34. The fraction of sp³-hybridized carbons (Fsp3) is 0.500. The summed E-state index contributed by atoms with van der Waals surface area (Å²) in [6, 6.07) is 6.39. The van der Waals surface area contributed by atoms with Gasteiger partial charge in [0.15, 0.2) is 5.17 Å². The minimum absolute atomic E-state index is 0.0593. The van der Waals surface area contributed by atoms with Gasteiger partial charge in [-0.15, -0.1) is 0 Å². The Balaban J connectivity index is 1.56. The molecule has 5 nitrogen and oxygen atoms in total. The minimum Gasteiger partial charge on any atom is -0.507 e. The monoisotopic (exact) mass is 352 g/mol. The second-order valence-electron chi connectivity index (χ2n) is 5.75. The first-order chi connectivity index (χ1) is 11.1. The summed E-state index contributed by atoms with van der Waals surface area (Å²) in [5, 5.41) is 13.2. The van der Waals surface area contributed by atoms with Gasteiger partial charge in [0.25, 0.3) is 5.91 Å². The van der Waals surface area contributed by atoms with Crippen molar-refractivity contribution < 1.29 is 14.1 Å². The van der Waals surface area contributed by atoms with Crippen molar-refractivity contribution in [3.05, 3.63) is 29.8 Å². The van der Waals surface area contributed by atoms with E-state index >= 15 is 0 Å². The number of phenolic OH excluding ortho intramolecular Hbond substituents is 1. The smallest absolute Gasteiger partial charge is 0.260 e. The van der Waals surface area contributed by atoms with Crippen LogP contribution in [0.5, 0.6) is 5.75 Å². The zero-order valence-electron chi connectivity index (χ0n) is 12.7. The Kier molecular flexibility index (Phi) is 5.38. The molecule has 3 rings (SSSR count). The SMILES string of the molecule is O=C(NC1=NCC(S(=O)C2CCCCC2)S1)c1ccccc1O. The molecule has 1 heterocycles. The fourth-order valence-corrected chi connectivity index (χ4v) is 6.16. The van der Waals surface area contributed by atoms with Gasteiger partial charge in [0, 0.05) is 16.0 Å². The highest BCUT2D eigenvalue weighted by Gasteiger charge is 2.32. The van der Waals surface area contributed by atoms with Crippen molar-refractivity contribution >= 4 is 33.6 Å². The lowest BCUT2D eigenvalue weighted by Crippen LogP contribution is -2.29. The number of nitrogens with zero attached hydrogens (tertiary/aromatic N) is 1. The highest BCUT2D eigenvalue weighted by atomic mass is 32.2. The molecule has 0 bridgehead atoms. The third kappa shape index (κ3) is 3.95. The maximum Gasteiger partial charge on any atom is 0.260 e. The molecule has 1 fully saturated rings. The van der Waals surface area contributed by atoms with Crippen molar-refractivity contribution in [2.45, 2.75) is 41.9 Å². The average Bonchev–Trinajstić information content (AvgIpc) is 3.03. The largest absolute Gasteiger partial charge is 0.507 e. The van der Waals surface area contributed by atoms with E-state index in [9.17, 15) is 14.1 Å². The number of para-hydroxylation sites is 1. The first-order valence-corrected chi connectivity index (χ1v) is 10.0. The van der Waals surface area contributed by atoms with E-state index in [-0.39, 0.29) is 21.1 Å². The molecule has 1 aliphatic carbocycles. The minimum atomic E-state index is -0.918. The molecule has 0 spiro atoms. The number of hydrogen-bond donors (Lipinski definition) is 2. The number of phenols is 1. The summed E-state index contributed by atoms with van der Waals surface area (Å²) in [7, 11) is -0.918. The van der Waals surface area contributed by atoms with Gasteiger partial charge >= 0.3 is 0 Å². The lowest BCUT2D eigenvalue weighted by molar-refractivity contribution is 0.0975. The molecule has 23 heavy (non-hydrogen) atoms. The van der Waals surface area contributed by atoms with E-state index in [1.807, 2.05) is 0 Å². The van der Waals surface area contributed by atoms with Crippen LogP contribution in [0.2, 0.25) is 0 Å². The van der Waals surface area contributed by atoms with E-state index in [4.69, 9.17) is 0 Å². The van der Waals surface area contributed by atoms with Crippen LogP contribution in [0.4, 0.5) is 0 Å². The van der Waals surface area contributed by atoms with E-state index in [2.05, 4.69) is 10.3 Å². The third-order valence-electron chi connectivity index (χ3n) is 4.14. The molecule has 2 N–H and O–H groups in total. The number of carbonyl (C=O) groups excluding carboxylic acids is 1. The van der Waals surface area contributed by atoms with Crippen LogP contribution in [-0.2, 0) is 10.8 Å². The fourth-order valence-electron chi connectivity index (χ4n) is 2.89. The first-order valence-electron chi connectivity index (χ1n) is 7.85. The number of carbonyl (C=O) groups is 1. The van der Waals surface area contributed by atoms with E-state index in [1.54, 1.807) is 18.2 Å². The Bertz CT molecular complexity index is 642. The third-order valence-corrected chi connectivity index (χ3v) is 7.66. The van der Waals surface area contributed by atoms with Crippen molar-refractivity contribution in [1.29, 1.82) is 0 Å². The predicted molar refractivity (Wildman–Crippen MR) is 94.3 cm³/mol. The number of benzene rings is 1. The van der Waals surface area contributed by atoms with Crippen LogP contribution in [0.25, 0.3) is 0 Å². The summed E-state index contributed by atoms with van der Waals surface area (Å²) in [5.41, 5.74) is 0.215. The second kappa shape index (κ2) is 7.49. The summed E-state index contributed by atoms with van der Waals surface area (Å²) in [6.45, 7) is 0.476. The van der Waals surface area contributed by atoms with Crippen molar-refractivity contribution in [2.24, 2.45) is 4.99 Å². The number of amidine groups is 1. The van der Waals surface area contributed by atoms with E-state index in [0.29, 0.717) is 11.7 Å². The number of thioether (sulfide) groups is 1. The van der Waals surface area contributed by atoms with E-state index in [1.165, 1.54) is 24.2 Å². The molecule has 2 atom stereocenters. The van der Waals surface area contributed by atoms with Gasteiger partial charge in [-0.3, -0.25) is 14.0 Å². The molecule has 0 radical (unpaired) electrons. The molecular weight excluding hydrogens is 332 g/mol. The zero-order chi connectivity index (χ0) is 16.2. The number of nitrogens with one attached hydrogen (secondary N) is 1. The van der Waals surface area contributed by atoms with Gasteiger partial charge in [0.1, 0.15) is 10.3 Å². The average molecular weight is 352 g/mol. The van der Waals surface area contributed by atoms with Crippen LogP contribution in [-0.4, -0.2) is 36.8 Å². The van der Waals surface area contributed by atoms with Gasteiger partial charge in [0.05, 0.1) is 12.1 Å². The van der Waals surface area contributed by atoms with Crippen molar-refractivity contribution in [1.82, 2.24) is 5.32 Å². The van der Waals surface area contributed by atoms with E-state index < -0.39 is 16.7 Å². The number of rotatable bonds is 3. The molecule has 2 unspecified atom stereocenters. The Morgan fingerprint density at radius 3 is 2.74 bits per heavy atom. The molecule has 1 aromatic carbocycles. The van der Waals surface area contributed by atoms with Crippen LogP contribution in [0.15, 0.2) is 29.3 Å². The molecule has 124 valence electrons. The summed E-state index contributed by atoms with van der Waals surface area (Å²) in [4.78, 5) is 16.5. The molecule has 1 amide bonds. The Labute approximate surface area is 142 Å². The van der Waals surface area contributed by atoms with E-state index in [0.717, 1.165) is 25.7 Å². The molecule has 7 heteroatoms. The quantitative estimate of drug-likeness (QED) is 0.876.